The van der Waals surface area contributed by atoms with Crippen molar-refractivity contribution in [3.63, 3.8) is 0 Å². The summed E-state index contributed by atoms with van der Waals surface area (Å²) in [5.74, 6) is 0. The lowest BCUT2D eigenvalue weighted by Gasteiger charge is -1.99. The maximum Gasteiger partial charge on any atom is 0.181 e. The maximum absolute atomic E-state index is 2.28. The molecule has 0 aliphatic carbocycles. The summed E-state index contributed by atoms with van der Waals surface area (Å²) < 4.78 is 2.28. The van der Waals surface area contributed by atoms with Gasteiger partial charge >= 0.3 is 0 Å². The minimum absolute atomic E-state index is 1.12. The molecule has 1 rings (SSSR count). The predicted octanol–water partition coefficient (Wildman–Crippen LogP) is 1.64. The van der Waals surface area contributed by atoms with Crippen molar-refractivity contribution < 1.29 is 4.57 Å². The Kier molecular flexibility index (Phi) is 2.64. The Morgan fingerprint density at radius 1 is 1.09 bits per heavy atom. The third-order valence-electron chi connectivity index (χ3n) is 2.16. The van der Waals surface area contributed by atoms with Gasteiger partial charge in [0.2, 0.25) is 0 Å². The summed E-state index contributed by atoms with van der Waals surface area (Å²) in [6, 6.07) is 6.50. The van der Waals surface area contributed by atoms with Crippen LogP contribution in [0.25, 0.3) is 0 Å². The van der Waals surface area contributed by atoms with Crippen LogP contribution in [-0.4, -0.2) is 0 Å². The highest BCUT2D eigenvalue weighted by atomic mass is 14.9. The fraction of sp³-hybridized carbons (Fsp3) is 0.500. The van der Waals surface area contributed by atoms with E-state index < -0.39 is 0 Å². The van der Waals surface area contributed by atoms with E-state index in [1.807, 2.05) is 0 Å². The average molecular weight is 150 g/mol. The lowest BCUT2D eigenvalue weighted by atomic mass is 10.2. The van der Waals surface area contributed by atoms with E-state index in [0.717, 1.165) is 12.8 Å². The molecule has 1 heteroatoms. The zero-order chi connectivity index (χ0) is 8.27. The highest BCUT2D eigenvalue weighted by Crippen LogP contribution is 1.97. The zero-order valence-corrected chi connectivity index (χ0v) is 7.59. The van der Waals surface area contributed by atoms with Crippen LogP contribution >= 0.6 is 0 Å². The van der Waals surface area contributed by atoms with Crippen LogP contribution in [0.4, 0.5) is 0 Å². The van der Waals surface area contributed by atoms with E-state index >= 15 is 0 Å². The van der Waals surface area contributed by atoms with Gasteiger partial charge in [-0.25, -0.2) is 4.57 Å². The van der Waals surface area contributed by atoms with Crippen LogP contribution in [0.15, 0.2) is 18.2 Å². The molecule has 1 aromatic rings. The molecule has 11 heavy (non-hydrogen) atoms. The fourth-order valence-corrected chi connectivity index (χ4v) is 1.39. The van der Waals surface area contributed by atoms with Gasteiger partial charge in [-0.3, -0.25) is 0 Å². The molecule has 0 fully saturated rings. The quantitative estimate of drug-likeness (QED) is 0.564. The molecule has 1 nitrogen and oxygen atoms in total. The molecule has 0 bridgehead atoms. The van der Waals surface area contributed by atoms with Crippen molar-refractivity contribution >= 4 is 0 Å². The zero-order valence-electron chi connectivity index (χ0n) is 7.59. The van der Waals surface area contributed by atoms with Crippen molar-refractivity contribution in [1.29, 1.82) is 0 Å². The third kappa shape index (κ3) is 1.59. The standard InChI is InChI=1S/C10H16N/c1-4-9-7-6-8-10(5-2)11(9)3/h6-8H,4-5H2,1-3H3/q+1. The van der Waals surface area contributed by atoms with Gasteiger partial charge in [0.15, 0.2) is 11.4 Å². The summed E-state index contributed by atoms with van der Waals surface area (Å²) in [4.78, 5) is 0. The van der Waals surface area contributed by atoms with Crippen LogP contribution < -0.4 is 4.57 Å². The number of aryl methyl sites for hydroxylation is 2. The number of nitrogens with zero attached hydrogens (tertiary/aromatic N) is 1. The number of aromatic nitrogens is 1. The number of rotatable bonds is 2. The number of hydrogen-bond acceptors (Lipinski definition) is 0. The third-order valence-corrected chi connectivity index (χ3v) is 2.16. The molecule has 0 unspecified atom stereocenters. The van der Waals surface area contributed by atoms with Gasteiger partial charge in [-0.1, -0.05) is 13.8 Å². The Hall–Kier alpha value is -0.850. The molecule has 60 valence electrons. The first-order chi connectivity index (χ1) is 5.29. The van der Waals surface area contributed by atoms with Crippen LogP contribution in [0.1, 0.15) is 25.2 Å². The molecular formula is C10H16N+. The molecule has 0 amide bonds. The van der Waals surface area contributed by atoms with Crippen molar-refractivity contribution in [2.45, 2.75) is 26.7 Å². The van der Waals surface area contributed by atoms with Gasteiger partial charge in [0.1, 0.15) is 7.05 Å². The smallest absolute Gasteiger partial charge is 0.181 e. The topological polar surface area (TPSA) is 3.88 Å². The van der Waals surface area contributed by atoms with E-state index in [2.05, 4.69) is 43.7 Å². The first kappa shape index (κ1) is 8.25. The second-order valence-electron chi connectivity index (χ2n) is 2.77. The first-order valence-corrected chi connectivity index (χ1v) is 4.26. The fourth-order valence-electron chi connectivity index (χ4n) is 1.39. The molecule has 0 aromatic carbocycles. The largest absolute Gasteiger partial charge is 0.203 e. The van der Waals surface area contributed by atoms with Gasteiger partial charge in [-0.15, -0.1) is 0 Å². The van der Waals surface area contributed by atoms with Gasteiger partial charge < -0.3 is 0 Å². The highest BCUT2D eigenvalue weighted by molar-refractivity contribution is 5.03. The highest BCUT2D eigenvalue weighted by Gasteiger charge is 2.06. The van der Waals surface area contributed by atoms with E-state index in [0.29, 0.717) is 0 Å². The molecule has 0 saturated heterocycles. The lowest BCUT2D eigenvalue weighted by Crippen LogP contribution is -2.37. The number of hydrogen-bond donors (Lipinski definition) is 0. The number of pyridine rings is 1. The van der Waals surface area contributed by atoms with Crippen LogP contribution in [0.5, 0.6) is 0 Å². The monoisotopic (exact) mass is 150 g/mol. The molecule has 0 atom stereocenters. The molecule has 0 aliphatic heterocycles. The van der Waals surface area contributed by atoms with Crippen molar-refractivity contribution in [2.24, 2.45) is 7.05 Å². The molecule has 1 heterocycles. The van der Waals surface area contributed by atoms with Gasteiger partial charge in [0, 0.05) is 25.0 Å². The van der Waals surface area contributed by atoms with Crippen LogP contribution in [0.2, 0.25) is 0 Å². The lowest BCUT2D eigenvalue weighted by molar-refractivity contribution is -0.686. The first-order valence-electron chi connectivity index (χ1n) is 4.26. The summed E-state index contributed by atoms with van der Waals surface area (Å²) >= 11 is 0. The summed E-state index contributed by atoms with van der Waals surface area (Å²) in [6.07, 6.45) is 2.23. The summed E-state index contributed by atoms with van der Waals surface area (Å²) in [6.45, 7) is 4.38. The molecular weight excluding hydrogens is 134 g/mol. The Morgan fingerprint density at radius 3 is 1.91 bits per heavy atom. The molecule has 0 spiro atoms. The van der Waals surface area contributed by atoms with Crippen molar-refractivity contribution in [1.82, 2.24) is 0 Å². The van der Waals surface area contributed by atoms with E-state index in [9.17, 15) is 0 Å². The van der Waals surface area contributed by atoms with E-state index in [4.69, 9.17) is 0 Å². The Labute approximate surface area is 68.7 Å². The molecule has 0 N–H and O–H groups in total. The molecule has 0 radical (unpaired) electrons. The molecule has 1 aromatic heterocycles. The summed E-state index contributed by atoms with van der Waals surface area (Å²) in [5, 5.41) is 0. The predicted molar refractivity (Wildman–Crippen MR) is 46.4 cm³/mol. The van der Waals surface area contributed by atoms with E-state index in [1.165, 1.54) is 11.4 Å². The second-order valence-corrected chi connectivity index (χ2v) is 2.77. The van der Waals surface area contributed by atoms with Gasteiger partial charge in [-0.05, 0) is 6.07 Å². The Bertz CT molecular complexity index is 218. The van der Waals surface area contributed by atoms with E-state index in [1.54, 1.807) is 0 Å². The van der Waals surface area contributed by atoms with Gasteiger partial charge in [0.05, 0.1) is 0 Å². The minimum Gasteiger partial charge on any atom is -0.203 e. The van der Waals surface area contributed by atoms with Gasteiger partial charge in [-0.2, -0.15) is 0 Å². The second kappa shape index (κ2) is 3.51. The average Bonchev–Trinajstić information content (AvgIpc) is 2.05. The van der Waals surface area contributed by atoms with Crippen LogP contribution in [-0.2, 0) is 19.9 Å². The minimum atomic E-state index is 1.12. The molecule has 0 aliphatic rings. The summed E-state index contributed by atoms with van der Waals surface area (Å²) in [7, 11) is 2.14. The SMILES string of the molecule is CCc1cccc(CC)[n+]1C. The molecule has 0 saturated carbocycles. The summed E-state index contributed by atoms with van der Waals surface area (Å²) in [5.41, 5.74) is 2.81. The Balaban J connectivity index is 3.10. The van der Waals surface area contributed by atoms with Crippen molar-refractivity contribution in [3.05, 3.63) is 29.6 Å². The van der Waals surface area contributed by atoms with Crippen LogP contribution in [0.3, 0.4) is 0 Å². The maximum atomic E-state index is 2.28. The van der Waals surface area contributed by atoms with Crippen molar-refractivity contribution in [2.75, 3.05) is 0 Å². The van der Waals surface area contributed by atoms with E-state index in [-0.39, 0.29) is 0 Å². The Morgan fingerprint density at radius 2 is 1.55 bits per heavy atom. The van der Waals surface area contributed by atoms with Crippen LogP contribution in [0, 0.1) is 0 Å². The normalized spacial score (nSPS) is 10.1. The van der Waals surface area contributed by atoms with Crippen molar-refractivity contribution in [3.8, 4) is 0 Å². The van der Waals surface area contributed by atoms with Gasteiger partial charge in [0.25, 0.3) is 0 Å².